The Morgan fingerprint density at radius 2 is 1.92 bits per heavy atom. The van der Waals surface area contributed by atoms with E-state index in [0.717, 1.165) is 6.42 Å². The van der Waals surface area contributed by atoms with Crippen LogP contribution in [0.3, 0.4) is 0 Å². The number of ether oxygens (including phenoxy) is 1. The van der Waals surface area contributed by atoms with Crippen molar-refractivity contribution in [1.82, 2.24) is 0 Å². The van der Waals surface area contributed by atoms with E-state index in [1.165, 1.54) is 25.7 Å². The van der Waals surface area contributed by atoms with Gasteiger partial charge in [0.1, 0.15) is 6.10 Å². The summed E-state index contributed by atoms with van der Waals surface area (Å²) in [6.07, 6.45) is 5.53. The Bertz CT molecular complexity index is 137. The first-order valence-corrected chi connectivity index (χ1v) is 5.37. The second-order valence-corrected chi connectivity index (χ2v) is 3.60. The van der Waals surface area contributed by atoms with Crippen LogP contribution in [0, 0.1) is 0 Å². The van der Waals surface area contributed by atoms with Crippen LogP contribution in [0.15, 0.2) is 0 Å². The molecule has 0 saturated carbocycles. The minimum Gasteiger partial charge on any atom is -0.369 e. The van der Waals surface area contributed by atoms with Crippen LogP contribution in [-0.2, 0) is 9.53 Å². The molecule has 0 saturated heterocycles. The molecule has 3 heteroatoms. The SMILES string of the molecule is CCCCCCCOC(C)C(=O)Cl. The Labute approximate surface area is 85.6 Å². The molecule has 0 radical (unpaired) electrons. The number of carbonyl (C=O) groups excluding carboxylic acids is 1. The lowest BCUT2D eigenvalue weighted by atomic mass is 10.2. The predicted octanol–water partition coefficient (Wildman–Crippen LogP) is 3.13. The van der Waals surface area contributed by atoms with Gasteiger partial charge in [-0.2, -0.15) is 0 Å². The van der Waals surface area contributed by atoms with Gasteiger partial charge < -0.3 is 4.74 Å². The Morgan fingerprint density at radius 1 is 1.31 bits per heavy atom. The first-order valence-electron chi connectivity index (χ1n) is 4.99. The molecule has 0 fully saturated rings. The fourth-order valence-electron chi connectivity index (χ4n) is 1.03. The van der Waals surface area contributed by atoms with Crippen LogP contribution in [0.1, 0.15) is 46.0 Å². The first-order chi connectivity index (χ1) is 6.18. The van der Waals surface area contributed by atoms with E-state index in [9.17, 15) is 4.79 Å². The molecule has 0 aromatic heterocycles. The fraction of sp³-hybridized carbons (Fsp3) is 0.900. The number of unbranched alkanes of at least 4 members (excludes halogenated alkanes) is 4. The van der Waals surface area contributed by atoms with Crippen LogP contribution in [0.25, 0.3) is 0 Å². The van der Waals surface area contributed by atoms with Crippen LogP contribution in [-0.4, -0.2) is 18.0 Å². The van der Waals surface area contributed by atoms with Gasteiger partial charge in [-0.1, -0.05) is 32.6 Å². The van der Waals surface area contributed by atoms with Crippen LogP contribution in [0.2, 0.25) is 0 Å². The Balaban J connectivity index is 3.11. The van der Waals surface area contributed by atoms with E-state index in [1.807, 2.05) is 0 Å². The summed E-state index contributed by atoms with van der Waals surface area (Å²) in [6, 6.07) is 0. The van der Waals surface area contributed by atoms with Crippen LogP contribution in [0.5, 0.6) is 0 Å². The first kappa shape index (κ1) is 12.9. The number of halogens is 1. The zero-order chi connectivity index (χ0) is 10.1. The molecule has 0 bridgehead atoms. The van der Waals surface area contributed by atoms with E-state index in [0.29, 0.717) is 6.61 Å². The molecular formula is C10H19ClO2. The molecule has 0 aliphatic carbocycles. The summed E-state index contributed by atoms with van der Waals surface area (Å²) < 4.78 is 5.20. The van der Waals surface area contributed by atoms with Gasteiger partial charge in [0.05, 0.1) is 0 Å². The molecule has 13 heavy (non-hydrogen) atoms. The van der Waals surface area contributed by atoms with Gasteiger partial charge in [-0.25, -0.2) is 0 Å². The summed E-state index contributed by atoms with van der Waals surface area (Å²) in [7, 11) is 0. The fourth-order valence-corrected chi connectivity index (χ4v) is 1.09. The molecule has 1 atom stereocenters. The van der Waals surface area contributed by atoms with E-state index in [-0.39, 0.29) is 0 Å². The Kier molecular flexibility index (Phi) is 8.46. The second kappa shape index (κ2) is 8.52. The van der Waals surface area contributed by atoms with E-state index >= 15 is 0 Å². The minimum atomic E-state index is -0.451. The van der Waals surface area contributed by atoms with E-state index in [4.69, 9.17) is 16.3 Å². The third kappa shape index (κ3) is 8.26. The Hall–Kier alpha value is -0.0800. The van der Waals surface area contributed by atoms with Gasteiger partial charge in [-0.15, -0.1) is 0 Å². The van der Waals surface area contributed by atoms with E-state index in [2.05, 4.69) is 6.92 Å². The Morgan fingerprint density at radius 3 is 2.46 bits per heavy atom. The molecule has 0 spiro atoms. The number of hydrogen-bond donors (Lipinski definition) is 0. The summed E-state index contributed by atoms with van der Waals surface area (Å²) in [5.41, 5.74) is 0. The van der Waals surface area contributed by atoms with Gasteiger partial charge in [0.25, 0.3) is 0 Å². The summed E-state index contributed by atoms with van der Waals surface area (Å²) in [5.74, 6) is 0. The van der Waals surface area contributed by atoms with Gasteiger partial charge in [0.2, 0.25) is 5.24 Å². The van der Waals surface area contributed by atoms with Gasteiger partial charge in [-0.3, -0.25) is 4.79 Å². The molecule has 2 nitrogen and oxygen atoms in total. The molecule has 0 aliphatic rings. The highest BCUT2D eigenvalue weighted by molar-refractivity contribution is 6.64. The highest BCUT2D eigenvalue weighted by Crippen LogP contribution is 2.04. The molecule has 1 unspecified atom stereocenters. The van der Waals surface area contributed by atoms with Crippen molar-refractivity contribution in [2.24, 2.45) is 0 Å². The quantitative estimate of drug-likeness (QED) is 0.451. The van der Waals surface area contributed by atoms with E-state index < -0.39 is 11.3 Å². The van der Waals surface area contributed by atoms with Crippen molar-refractivity contribution in [3.63, 3.8) is 0 Å². The van der Waals surface area contributed by atoms with Gasteiger partial charge in [0, 0.05) is 6.61 Å². The molecule has 0 aromatic carbocycles. The standard InChI is InChI=1S/C10H19ClO2/c1-3-4-5-6-7-8-13-9(2)10(11)12/h9H,3-8H2,1-2H3. The van der Waals surface area contributed by atoms with Crippen molar-refractivity contribution in [2.75, 3.05) is 6.61 Å². The van der Waals surface area contributed by atoms with Gasteiger partial charge >= 0.3 is 0 Å². The summed E-state index contributed by atoms with van der Waals surface area (Å²) in [4.78, 5) is 10.6. The van der Waals surface area contributed by atoms with Crippen molar-refractivity contribution in [2.45, 2.75) is 52.1 Å². The lowest BCUT2D eigenvalue weighted by molar-refractivity contribution is -0.121. The van der Waals surface area contributed by atoms with Crippen molar-refractivity contribution >= 4 is 16.8 Å². The van der Waals surface area contributed by atoms with Crippen molar-refractivity contribution in [3.05, 3.63) is 0 Å². The zero-order valence-electron chi connectivity index (χ0n) is 8.51. The maximum atomic E-state index is 10.6. The molecule has 0 aromatic rings. The second-order valence-electron chi connectivity index (χ2n) is 3.23. The van der Waals surface area contributed by atoms with Crippen molar-refractivity contribution < 1.29 is 9.53 Å². The lowest BCUT2D eigenvalue weighted by Crippen LogP contribution is -2.16. The zero-order valence-corrected chi connectivity index (χ0v) is 9.27. The third-order valence-corrected chi connectivity index (χ3v) is 2.24. The highest BCUT2D eigenvalue weighted by Gasteiger charge is 2.08. The molecule has 0 heterocycles. The third-order valence-electron chi connectivity index (χ3n) is 1.94. The summed E-state index contributed by atoms with van der Waals surface area (Å²) in [5, 5.41) is -0.409. The molecule has 0 rings (SSSR count). The van der Waals surface area contributed by atoms with Gasteiger partial charge in [0.15, 0.2) is 0 Å². The molecule has 0 N–H and O–H groups in total. The average Bonchev–Trinajstić information content (AvgIpc) is 2.10. The monoisotopic (exact) mass is 206 g/mol. The van der Waals surface area contributed by atoms with Gasteiger partial charge in [-0.05, 0) is 24.9 Å². The topological polar surface area (TPSA) is 26.3 Å². The minimum absolute atomic E-state index is 0.409. The molecular weight excluding hydrogens is 188 g/mol. The number of carbonyl (C=O) groups is 1. The maximum absolute atomic E-state index is 10.6. The van der Waals surface area contributed by atoms with Crippen molar-refractivity contribution in [3.8, 4) is 0 Å². The van der Waals surface area contributed by atoms with E-state index in [1.54, 1.807) is 6.92 Å². The van der Waals surface area contributed by atoms with Crippen LogP contribution in [0.4, 0.5) is 0 Å². The highest BCUT2D eigenvalue weighted by atomic mass is 35.5. The summed E-state index contributed by atoms with van der Waals surface area (Å²) in [6.45, 7) is 4.51. The lowest BCUT2D eigenvalue weighted by Gasteiger charge is -2.07. The summed E-state index contributed by atoms with van der Waals surface area (Å²) >= 11 is 5.23. The largest absolute Gasteiger partial charge is 0.369 e. The molecule has 0 amide bonds. The van der Waals surface area contributed by atoms with Crippen molar-refractivity contribution in [1.29, 1.82) is 0 Å². The maximum Gasteiger partial charge on any atom is 0.250 e. The number of hydrogen-bond acceptors (Lipinski definition) is 2. The predicted molar refractivity (Wildman–Crippen MR) is 55.0 cm³/mol. The number of rotatable bonds is 8. The van der Waals surface area contributed by atoms with Crippen LogP contribution >= 0.6 is 11.6 Å². The van der Waals surface area contributed by atoms with Crippen LogP contribution < -0.4 is 0 Å². The normalized spacial score (nSPS) is 12.8. The molecule has 0 aliphatic heterocycles. The molecule has 78 valence electrons. The smallest absolute Gasteiger partial charge is 0.250 e. The average molecular weight is 207 g/mol.